The number of rotatable bonds is 4. The van der Waals surface area contributed by atoms with E-state index in [1.807, 2.05) is 33.8 Å². The van der Waals surface area contributed by atoms with Gasteiger partial charge in [-0.15, -0.1) is 0 Å². The summed E-state index contributed by atoms with van der Waals surface area (Å²) in [6.07, 6.45) is 3.83. The highest BCUT2D eigenvalue weighted by Crippen LogP contribution is 2.48. The molecule has 0 aromatic heterocycles. The third kappa shape index (κ3) is 2.07. The predicted molar refractivity (Wildman–Crippen MR) is 68.2 cm³/mol. The van der Waals surface area contributed by atoms with Crippen LogP contribution in [0.3, 0.4) is 0 Å². The molecule has 0 aromatic carbocycles. The van der Waals surface area contributed by atoms with Crippen LogP contribution in [0.15, 0.2) is 23.3 Å². The van der Waals surface area contributed by atoms with E-state index in [9.17, 15) is 19.8 Å². The average molecular weight is 252 g/mol. The summed E-state index contributed by atoms with van der Waals surface area (Å²) in [6.45, 7) is 7.71. The average Bonchev–Trinajstić information content (AvgIpc) is 2.26. The van der Waals surface area contributed by atoms with E-state index in [4.69, 9.17) is 0 Å². The van der Waals surface area contributed by atoms with Crippen LogP contribution in [0, 0.1) is 17.3 Å². The molecule has 4 nitrogen and oxygen atoms in total. The molecule has 0 radical (unpaired) electrons. The van der Waals surface area contributed by atoms with Crippen LogP contribution < -0.4 is 0 Å². The van der Waals surface area contributed by atoms with Crippen molar-refractivity contribution >= 4 is 11.9 Å². The van der Waals surface area contributed by atoms with E-state index < -0.39 is 17.4 Å². The van der Waals surface area contributed by atoms with Gasteiger partial charge in [0.1, 0.15) is 0 Å². The van der Waals surface area contributed by atoms with Crippen molar-refractivity contribution in [1.82, 2.24) is 0 Å². The summed E-state index contributed by atoms with van der Waals surface area (Å²) in [5.74, 6) is -2.22. The third-order valence-corrected chi connectivity index (χ3v) is 3.83. The molecule has 0 aromatic rings. The minimum absolute atomic E-state index is 0.00685. The van der Waals surface area contributed by atoms with Gasteiger partial charge in [0.25, 0.3) is 0 Å². The molecule has 18 heavy (non-hydrogen) atoms. The summed E-state index contributed by atoms with van der Waals surface area (Å²) in [7, 11) is 0. The topological polar surface area (TPSA) is 74.6 Å². The first-order valence-electron chi connectivity index (χ1n) is 6.13. The van der Waals surface area contributed by atoms with Crippen LogP contribution >= 0.6 is 0 Å². The lowest BCUT2D eigenvalue weighted by Crippen LogP contribution is -2.39. The van der Waals surface area contributed by atoms with Gasteiger partial charge in [-0.2, -0.15) is 0 Å². The van der Waals surface area contributed by atoms with Crippen molar-refractivity contribution in [3.63, 3.8) is 0 Å². The Bertz CT molecular complexity index is 419. The highest BCUT2D eigenvalue weighted by molar-refractivity contribution is 6.01. The maximum Gasteiger partial charge on any atom is 0.333 e. The van der Waals surface area contributed by atoms with Crippen LogP contribution in [-0.4, -0.2) is 22.2 Å². The van der Waals surface area contributed by atoms with Crippen molar-refractivity contribution in [2.24, 2.45) is 17.3 Å². The van der Waals surface area contributed by atoms with Gasteiger partial charge >= 0.3 is 11.9 Å². The molecule has 0 saturated carbocycles. The van der Waals surface area contributed by atoms with Crippen LogP contribution in [0.25, 0.3) is 0 Å². The van der Waals surface area contributed by atoms with Crippen molar-refractivity contribution in [2.45, 2.75) is 34.1 Å². The molecule has 0 spiro atoms. The number of hydrogen-bond acceptors (Lipinski definition) is 2. The molecule has 1 aliphatic carbocycles. The molecule has 100 valence electrons. The zero-order valence-electron chi connectivity index (χ0n) is 11.2. The molecule has 0 bridgehead atoms. The van der Waals surface area contributed by atoms with Crippen LogP contribution in [0.1, 0.15) is 34.1 Å². The van der Waals surface area contributed by atoms with Crippen LogP contribution in [0.5, 0.6) is 0 Å². The first kappa shape index (κ1) is 14.5. The number of hydrogen-bond donors (Lipinski definition) is 2. The summed E-state index contributed by atoms with van der Waals surface area (Å²) in [4.78, 5) is 22.8. The molecule has 1 rings (SSSR count). The number of allylic oxidation sites excluding steroid dienone is 2. The SMILES string of the molecule is CC(C)C1(C(C)C)C=CCC(C(=O)O)=C1C(=O)O. The van der Waals surface area contributed by atoms with Crippen molar-refractivity contribution in [3.8, 4) is 0 Å². The largest absolute Gasteiger partial charge is 0.478 e. The molecule has 4 heteroatoms. The number of carboxylic acid groups (broad SMARTS) is 2. The van der Waals surface area contributed by atoms with Crippen molar-refractivity contribution in [1.29, 1.82) is 0 Å². The number of carbonyl (C=O) groups is 2. The second-order valence-corrected chi connectivity index (χ2v) is 5.31. The molecule has 0 unspecified atom stereocenters. The lowest BCUT2D eigenvalue weighted by atomic mass is 9.61. The Balaban J connectivity index is 3.58. The van der Waals surface area contributed by atoms with Crippen LogP contribution in [-0.2, 0) is 9.59 Å². The highest BCUT2D eigenvalue weighted by atomic mass is 16.4. The lowest BCUT2D eigenvalue weighted by molar-refractivity contribution is -0.137. The van der Waals surface area contributed by atoms with E-state index in [-0.39, 0.29) is 29.4 Å². The summed E-state index contributed by atoms with van der Waals surface area (Å²) < 4.78 is 0. The zero-order chi connectivity index (χ0) is 14.1. The van der Waals surface area contributed by atoms with Gasteiger partial charge in [-0.3, -0.25) is 0 Å². The quantitative estimate of drug-likeness (QED) is 0.754. The van der Waals surface area contributed by atoms with Crippen molar-refractivity contribution < 1.29 is 19.8 Å². The Morgan fingerprint density at radius 1 is 1.11 bits per heavy atom. The Kier molecular flexibility index (Phi) is 3.99. The molecular weight excluding hydrogens is 232 g/mol. The second-order valence-electron chi connectivity index (χ2n) is 5.31. The molecular formula is C14H20O4. The van der Waals surface area contributed by atoms with Gasteiger partial charge in [-0.1, -0.05) is 39.8 Å². The minimum Gasteiger partial charge on any atom is -0.478 e. The van der Waals surface area contributed by atoms with E-state index in [0.29, 0.717) is 0 Å². The van der Waals surface area contributed by atoms with E-state index in [1.54, 1.807) is 6.08 Å². The molecule has 1 aliphatic rings. The van der Waals surface area contributed by atoms with Gasteiger partial charge in [-0.25, -0.2) is 9.59 Å². The van der Waals surface area contributed by atoms with Gasteiger partial charge in [-0.05, 0) is 18.3 Å². The highest BCUT2D eigenvalue weighted by Gasteiger charge is 2.45. The van der Waals surface area contributed by atoms with Crippen LogP contribution in [0.4, 0.5) is 0 Å². The third-order valence-electron chi connectivity index (χ3n) is 3.83. The monoisotopic (exact) mass is 252 g/mol. The van der Waals surface area contributed by atoms with Crippen LogP contribution in [0.2, 0.25) is 0 Å². The van der Waals surface area contributed by atoms with Gasteiger partial charge in [0.15, 0.2) is 0 Å². The Labute approximate surface area is 107 Å². The molecule has 0 amide bonds. The molecule has 0 aliphatic heterocycles. The van der Waals surface area contributed by atoms with E-state index in [1.165, 1.54) is 0 Å². The normalized spacial score (nSPS) is 18.6. The molecule has 2 N–H and O–H groups in total. The molecule has 0 fully saturated rings. The number of aliphatic carboxylic acids is 2. The Morgan fingerprint density at radius 3 is 1.94 bits per heavy atom. The Hall–Kier alpha value is -1.58. The second kappa shape index (κ2) is 4.96. The molecule has 0 heterocycles. The van der Waals surface area contributed by atoms with Crippen molar-refractivity contribution in [3.05, 3.63) is 23.3 Å². The molecule has 0 atom stereocenters. The Morgan fingerprint density at radius 2 is 1.61 bits per heavy atom. The fourth-order valence-electron chi connectivity index (χ4n) is 2.96. The first-order valence-corrected chi connectivity index (χ1v) is 6.13. The zero-order valence-corrected chi connectivity index (χ0v) is 11.2. The predicted octanol–water partition coefficient (Wildman–Crippen LogP) is 2.71. The lowest BCUT2D eigenvalue weighted by Gasteiger charge is -2.42. The summed E-state index contributed by atoms with van der Waals surface area (Å²) in [5.41, 5.74) is -0.660. The van der Waals surface area contributed by atoms with E-state index in [0.717, 1.165) is 0 Å². The number of carboxylic acids is 2. The fraction of sp³-hybridized carbons (Fsp3) is 0.571. The smallest absolute Gasteiger partial charge is 0.333 e. The summed E-state index contributed by atoms with van der Waals surface area (Å²) >= 11 is 0. The summed E-state index contributed by atoms with van der Waals surface area (Å²) in [6, 6.07) is 0. The van der Waals surface area contributed by atoms with Crippen molar-refractivity contribution in [2.75, 3.05) is 0 Å². The maximum atomic E-state index is 11.5. The van der Waals surface area contributed by atoms with Gasteiger partial charge in [0, 0.05) is 5.41 Å². The first-order chi connectivity index (χ1) is 8.25. The molecule has 0 saturated heterocycles. The standard InChI is InChI=1S/C14H20O4/c1-8(2)14(9(3)4)7-5-6-10(12(15)16)11(14)13(17)18/h5,7-9H,6H2,1-4H3,(H,15,16)(H,17,18). The summed E-state index contributed by atoms with van der Waals surface area (Å²) in [5, 5.41) is 18.6. The van der Waals surface area contributed by atoms with E-state index in [2.05, 4.69) is 0 Å². The fourth-order valence-corrected chi connectivity index (χ4v) is 2.96. The minimum atomic E-state index is -1.14. The maximum absolute atomic E-state index is 11.5. The van der Waals surface area contributed by atoms with Gasteiger partial charge in [0.2, 0.25) is 0 Å². The van der Waals surface area contributed by atoms with Gasteiger partial charge in [0.05, 0.1) is 11.1 Å². The van der Waals surface area contributed by atoms with Gasteiger partial charge < -0.3 is 10.2 Å². The van der Waals surface area contributed by atoms with E-state index >= 15 is 0 Å².